The Bertz CT molecular complexity index is 1120. The van der Waals surface area contributed by atoms with Crippen molar-refractivity contribution in [2.75, 3.05) is 14.2 Å². The minimum Gasteiger partial charge on any atom is -0.468 e. The highest BCUT2D eigenvalue weighted by atomic mass is 16.5. The molecule has 1 saturated heterocycles. The molecular weight excluding hydrogens is 402 g/mol. The van der Waals surface area contributed by atoms with Gasteiger partial charge >= 0.3 is 11.9 Å². The first kappa shape index (κ1) is 19.7. The van der Waals surface area contributed by atoms with E-state index in [1.807, 2.05) is 30.3 Å². The summed E-state index contributed by atoms with van der Waals surface area (Å²) >= 11 is 0. The molecular formula is C27H27NO4. The molecule has 2 bridgehead atoms. The van der Waals surface area contributed by atoms with Crippen LogP contribution in [-0.2, 0) is 25.6 Å². The van der Waals surface area contributed by atoms with Crippen LogP contribution in [-0.4, -0.2) is 42.1 Å². The summed E-state index contributed by atoms with van der Waals surface area (Å²) in [7, 11) is 2.85. The van der Waals surface area contributed by atoms with Crippen molar-refractivity contribution in [2.45, 2.75) is 43.3 Å². The van der Waals surface area contributed by atoms with Crippen LogP contribution in [0.5, 0.6) is 0 Å². The van der Waals surface area contributed by atoms with E-state index >= 15 is 0 Å². The summed E-state index contributed by atoms with van der Waals surface area (Å²) in [6.07, 6.45) is 0. The molecule has 3 fully saturated rings. The second-order valence-electron chi connectivity index (χ2n) is 9.68. The molecule has 5 heteroatoms. The Morgan fingerprint density at radius 3 is 1.72 bits per heavy atom. The zero-order valence-corrected chi connectivity index (χ0v) is 18.8. The second-order valence-corrected chi connectivity index (χ2v) is 9.68. The quantitative estimate of drug-likeness (QED) is 0.320. The molecule has 32 heavy (non-hydrogen) atoms. The number of ether oxygens (including phenoxy) is 2. The summed E-state index contributed by atoms with van der Waals surface area (Å²) in [6, 6.07) is 18.5. The van der Waals surface area contributed by atoms with Crippen molar-refractivity contribution in [3.05, 3.63) is 82.4 Å². The number of esters is 2. The summed E-state index contributed by atoms with van der Waals surface area (Å²) in [4.78, 5) is 29.1. The third-order valence-electron chi connectivity index (χ3n) is 8.54. The van der Waals surface area contributed by atoms with Crippen LogP contribution >= 0.6 is 0 Å². The lowest BCUT2D eigenvalue weighted by Crippen LogP contribution is -2.64. The lowest BCUT2D eigenvalue weighted by atomic mass is 9.51. The Kier molecular flexibility index (Phi) is 3.90. The van der Waals surface area contributed by atoms with Crippen molar-refractivity contribution in [2.24, 2.45) is 11.8 Å². The van der Waals surface area contributed by atoms with Gasteiger partial charge in [0.25, 0.3) is 0 Å². The zero-order chi connectivity index (χ0) is 22.4. The number of hydrogen-bond donors (Lipinski definition) is 0. The zero-order valence-electron chi connectivity index (χ0n) is 18.8. The summed E-state index contributed by atoms with van der Waals surface area (Å²) < 4.78 is 10.8. The number of likely N-dealkylation sites (tertiary alicyclic amines) is 1. The van der Waals surface area contributed by atoms with Gasteiger partial charge in [-0.1, -0.05) is 65.7 Å². The van der Waals surface area contributed by atoms with Crippen LogP contribution in [0.3, 0.4) is 0 Å². The van der Waals surface area contributed by atoms with E-state index < -0.39 is 11.1 Å². The van der Waals surface area contributed by atoms with Gasteiger partial charge in [-0.05, 0) is 30.5 Å². The molecule has 6 rings (SSSR count). The van der Waals surface area contributed by atoms with Crippen LogP contribution in [0.2, 0.25) is 0 Å². The van der Waals surface area contributed by atoms with E-state index in [2.05, 4.69) is 43.0 Å². The summed E-state index contributed by atoms with van der Waals surface area (Å²) in [6.45, 7) is 4.81. The molecule has 4 aliphatic rings. The van der Waals surface area contributed by atoms with Crippen LogP contribution in [0, 0.1) is 11.8 Å². The average Bonchev–Trinajstić information content (AvgIpc) is 3.02. The lowest BCUT2D eigenvalue weighted by Gasteiger charge is -2.47. The number of hydrogen-bond acceptors (Lipinski definition) is 5. The van der Waals surface area contributed by atoms with Crippen molar-refractivity contribution in [3.63, 3.8) is 0 Å². The summed E-state index contributed by atoms with van der Waals surface area (Å²) in [5.41, 5.74) is 4.34. The van der Waals surface area contributed by atoms with Gasteiger partial charge in [0, 0.05) is 30.2 Å². The Balaban J connectivity index is 1.56. The number of fused-ring (bicyclic) bond motifs is 11. The number of benzene rings is 2. The van der Waals surface area contributed by atoms with Crippen molar-refractivity contribution >= 4 is 11.9 Å². The van der Waals surface area contributed by atoms with Gasteiger partial charge in [-0.3, -0.25) is 4.90 Å². The number of carbonyl (C=O) groups is 2. The molecule has 0 N–H and O–H groups in total. The molecule has 5 unspecified atom stereocenters. The van der Waals surface area contributed by atoms with Crippen LogP contribution < -0.4 is 0 Å². The fourth-order valence-corrected chi connectivity index (χ4v) is 7.78. The third-order valence-corrected chi connectivity index (χ3v) is 8.54. The molecule has 2 saturated carbocycles. The van der Waals surface area contributed by atoms with Gasteiger partial charge in [0.15, 0.2) is 11.1 Å². The monoisotopic (exact) mass is 429 g/mol. The van der Waals surface area contributed by atoms with Gasteiger partial charge in [-0.2, -0.15) is 0 Å². The summed E-state index contributed by atoms with van der Waals surface area (Å²) in [5.74, 6) is -0.380. The smallest absolute Gasteiger partial charge is 0.329 e. The van der Waals surface area contributed by atoms with E-state index in [-0.39, 0.29) is 35.6 Å². The average molecular weight is 430 g/mol. The fourth-order valence-electron chi connectivity index (χ4n) is 7.78. The van der Waals surface area contributed by atoms with Crippen molar-refractivity contribution in [1.82, 2.24) is 4.90 Å². The predicted octanol–water partition coefficient (Wildman–Crippen LogP) is 3.80. The third kappa shape index (κ3) is 1.88. The first-order valence-corrected chi connectivity index (χ1v) is 11.2. The molecule has 0 radical (unpaired) electrons. The number of carbonyl (C=O) groups excluding carboxylic acids is 2. The molecule has 7 atom stereocenters. The maximum atomic E-state index is 13.5. The Labute approximate surface area is 188 Å². The maximum absolute atomic E-state index is 13.5. The Hall–Kier alpha value is -2.92. The van der Waals surface area contributed by atoms with Gasteiger partial charge < -0.3 is 9.47 Å². The number of allylic oxidation sites excluding steroid dienone is 2. The lowest BCUT2D eigenvalue weighted by molar-refractivity contribution is -0.162. The van der Waals surface area contributed by atoms with Crippen LogP contribution in [0.25, 0.3) is 0 Å². The van der Waals surface area contributed by atoms with E-state index in [4.69, 9.17) is 9.47 Å². The molecule has 0 spiro atoms. The van der Waals surface area contributed by atoms with Gasteiger partial charge in [0.05, 0.1) is 14.2 Å². The highest BCUT2D eigenvalue weighted by Gasteiger charge is 3.01. The first-order valence-electron chi connectivity index (χ1n) is 11.2. The fraction of sp³-hybridized carbons (Fsp3) is 0.407. The Morgan fingerprint density at radius 2 is 1.28 bits per heavy atom. The van der Waals surface area contributed by atoms with E-state index in [9.17, 15) is 9.59 Å². The van der Waals surface area contributed by atoms with Gasteiger partial charge in [-0.25, -0.2) is 9.59 Å². The maximum Gasteiger partial charge on any atom is 0.329 e. The second kappa shape index (κ2) is 6.32. The molecule has 1 aliphatic heterocycles. The predicted molar refractivity (Wildman–Crippen MR) is 119 cm³/mol. The minimum absolute atomic E-state index is 0.00237. The van der Waals surface area contributed by atoms with Gasteiger partial charge in [-0.15, -0.1) is 0 Å². The van der Waals surface area contributed by atoms with Crippen LogP contribution in [0.1, 0.15) is 42.4 Å². The van der Waals surface area contributed by atoms with E-state index in [0.717, 1.165) is 5.56 Å². The first-order chi connectivity index (χ1) is 15.5. The largest absolute Gasteiger partial charge is 0.468 e. The van der Waals surface area contributed by atoms with E-state index in [1.54, 1.807) is 0 Å². The van der Waals surface area contributed by atoms with Crippen molar-refractivity contribution in [3.8, 4) is 0 Å². The molecule has 5 nitrogen and oxygen atoms in total. The number of nitrogens with zero attached hydrogens (tertiary/aromatic N) is 1. The molecule has 0 aromatic heterocycles. The molecule has 1 heterocycles. The molecule has 3 aliphatic carbocycles. The normalized spacial score (nSPS) is 37.0. The summed E-state index contributed by atoms with van der Waals surface area (Å²) in [5, 5.41) is 0. The molecule has 2 aromatic carbocycles. The van der Waals surface area contributed by atoms with Crippen LogP contribution in [0.4, 0.5) is 0 Å². The topological polar surface area (TPSA) is 55.6 Å². The van der Waals surface area contributed by atoms with E-state index in [0.29, 0.717) is 6.54 Å². The number of rotatable bonds is 4. The SMILES string of the molecule is COC(=O)C12C3C([C@H]4C(=C(C)C)[C@@H]3c3ccccc34)C1(C(=O)OC)N2Cc1ccccc1. The van der Waals surface area contributed by atoms with Crippen molar-refractivity contribution in [1.29, 1.82) is 0 Å². The highest BCUT2D eigenvalue weighted by Crippen LogP contribution is 2.86. The van der Waals surface area contributed by atoms with Crippen LogP contribution in [0.15, 0.2) is 65.7 Å². The Morgan fingerprint density at radius 1 is 0.812 bits per heavy atom. The molecule has 0 amide bonds. The minimum atomic E-state index is -0.983. The van der Waals surface area contributed by atoms with Gasteiger partial charge in [0.1, 0.15) is 0 Å². The van der Waals surface area contributed by atoms with E-state index in [1.165, 1.54) is 36.5 Å². The highest BCUT2D eigenvalue weighted by molar-refractivity contribution is 6.06. The van der Waals surface area contributed by atoms with Gasteiger partial charge in [0.2, 0.25) is 0 Å². The standard InChI is InChI=1S/C27H27NO4/c1-15(2)19-20-17-12-8-9-13-18(17)21(19)23-22(20)26(24(29)31-3)27(23,25(30)32-4)28(26)14-16-10-6-5-7-11-16/h5-13,20-23H,14H2,1-4H3/t20-,21+,22?,23?,26?,27?,28?. The molecule has 164 valence electrons. The number of methoxy groups -OCH3 is 2. The van der Waals surface area contributed by atoms with Crippen molar-refractivity contribution < 1.29 is 19.1 Å². The molecule has 2 aromatic rings.